The van der Waals surface area contributed by atoms with E-state index in [9.17, 15) is 0 Å². The van der Waals surface area contributed by atoms with E-state index in [0.717, 1.165) is 5.69 Å². The Morgan fingerprint density at radius 3 is 2.83 bits per heavy atom. The molecule has 0 saturated heterocycles. The van der Waals surface area contributed by atoms with Crippen LogP contribution in [0.5, 0.6) is 0 Å². The van der Waals surface area contributed by atoms with Crippen LogP contribution in [-0.4, -0.2) is 4.98 Å². The van der Waals surface area contributed by atoms with Gasteiger partial charge in [-0.25, -0.2) is 0 Å². The standard InChI is InChI=1S/C10H9NS/c1-8-4-2-6-11-10(8)9-5-3-7-12-9/h2-7H,1H3. The number of aromatic nitrogens is 1. The molecule has 60 valence electrons. The fourth-order valence-electron chi connectivity index (χ4n) is 1.16. The van der Waals surface area contributed by atoms with Gasteiger partial charge in [0.25, 0.3) is 0 Å². The molecule has 0 unspecified atom stereocenters. The van der Waals surface area contributed by atoms with Crippen LogP contribution in [0.1, 0.15) is 5.56 Å². The van der Waals surface area contributed by atoms with Crippen molar-refractivity contribution in [1.29, 1.82) is 0 Å². The quantitative estimate of drug-likeness (QED) is 0.649. The summed E-state index contributed by atoms with van der Waals surface area (Å²) in [6.45, 7) is 2.09. The molecule has 2 rings (SSSR count). The van der Waals surface area contributed by atoms with Crippen LogP contribution in [-0.2, 0) is 0 Å². The maximum Gasteiger partial charge on any atom is 0.0830 e. The first-order chi connectivity index (χ1) is 5.88. The maximum absolute atomic E-state index is 4.33. The molecule has 2 heterocycles. The molecule has 0 amide bonds. The SMILES string of the molecule is Cc1cccnc1-c1cccs1. The molecule has 0 N–H and O–H groups in total. The van der Waals surface area contributed by atoms with Gasteiger partial charge in [-0.15, -0.1) is 11.3 Å². The third-order valence-corrected chi connectivity index (χ3v) is 2.64. The van der Waals surface area contributed by atoms with Crippen molar-refractivity contribution in [2.45, 2.75) is 6.92 Å². The van der Waals surface area contributed by atoms with Crippen molar-refractivity contribution in [3.63, 3.8) is 0 Å². The third kappa shape index (κ3) is 1.25. The van der Waals surface area contributed by atoms with Crippen LogP contribution in [0.15, 0.2) is 35.8 Å². The highest BCUT2D eigenvalue weighted by molar-refractivity contribution is 7.13. The van der Waals surface area contributed by atoms with Gasteiger partial charge in [0, 0.05) is 6.20 Å². The second kappa shape index (κ2) is 3.07. The van der Waals surface area contributed by atoms with Crippen LogP contribution >= 0.6 is 11.3 Å². The monoisotopic (exact) mass is 175 g/mol. The van der Waals surface area contributed by atoms with Crippen LogP contribution < -0.4 is 0 Å². The van der Waals surface area contributed by atoms with Crippen LogP contribution in [0.2, 0.25) is 0 Å². The summed E-state index contributed by atoms with van der Waals surface area (Å²) in [6, 6.07) is 8.20. The maximum atomic E-state index is 4.33. The molecule has 2 heteroatoms. The fourth-order valence-corrected chi connectivity index (χ4v) is 1.94. The zero-order valence-electron chi connectivity index (χ0n) is 6.82. The van der Waals surface area contributed by atoms with E-state index < -0.39 is 0 Å². The highest BCUT2D eigenvalue weighted by Crippen LogP contribution is 2.24. The molecule has 0 aromatic carbocycles. The van der Waals surface area contributed by atoms with E-state index in [0.29, 0.717) is 0 Å². The van der Waals surface area contributed by atoms with Gasteiger partial charge in [0.2, 0.25) is 0 Å². The van der Waals surface area contributed by atoms with Gasteiger partial charge < -0.3 is 0 Å². The smallest absolute Gasteiger partial charge is 0.0830 e. The van der Waals surface area contributed by atoms with E-state index in [1.54, 1.807) is 11.3 Å². The summed E-state index contributed by atoms with van der Waals surface area (Å²) in [5.41, 5.74) is 2.34. The molecule has 0 aliphatic rings. The first-order valence-corrected chi connectivity index (χ1v) is 4.71. The molecule has 2 aromatic heterocycles. The first-order valence-electron chi connectivity index (χ1n) is 3.83. The van der Waals surface area contributed by atoms with Gasteiger partial charge in [-0.05, 0) is 30.0 Å². The number of rotatable bonds is 1. The molecule has 0 bridgehead atoms. The van der Waals surface area contributed by atoms with Crippen molar-refractivity contribution < 1.29 is 0 Å². The molecule has 0 saturated carbocycles. The Hall–Kier alpha value is -1.15. The second-order valence-electron chi connectivity index (χ2n) is 2.65. The summed E-state index contributed by atoms with van der Waals surface area (Å²) in [6.07, 6.45) is 1.84. The minimum absolute atomic E-state index is 1.10. The summed E-state index contributed by atoms with van der Waals surface area (Å²) >= 11 is 1.73. The van der Waals surface area contributed by atoms with Gasteiger partial charge >= 0.3 is 0 Å². The lowest BCUT2D eigenvalue weighted by Crippen LogP contribution is -1.82. The summed E-state index contributed by atoms with van der Waals surface area (Å²) in [5.74, 6) is 0. The largest absolute Gasteiger partial charge is 0.255 e. The van der Waals surface area contributed by atoms with Crippen molar-refractivity contribution in [3.8, 4) is 10.6 Å². The Balaban J connectivity index is 2.55. The van der Waals surface area contributed by atoms with E-state index in [1.165, 1.54) is 10.4 Å². The van der Waals surface area contributed by atoms with Gasteiger partial charge in [0.15, 0.2) is 0 Å². The lowest BCUT2D eigenvalue weighted by Gasteiger charge is -1.99. The molecule has 0 aliphatic carbocycles. The normalized spacial score (nSPS) is 10.1. The summed E-state index contributed by atoms with van der Waals surface area (Å²) in [5, 5.41) is 2.07. The highest BCUT2D eigenvalue weighted by atomic mass is 32.1. The van der Waals surface area contributed by atoms with E-state index in [1.807, 2.05) is 18.3 Å². The zero-order chi connectivity index (χ0) is 8.39. The summed E-state index contributed by atoms with van der Waals surface area (Å²) in [7, 11) is 0. The van der Waals surface area contributed by atoms with Crippen molar-refractivity contribution in [3.05, 3.63) is 41.4 Å². The lowest BCUT2D eigenvalue weighted by molar-refractivity contribution is 1.28. The number of nitrogens with zero attached hydrogens (tertiary/aromatic N) is 1. The minimum Gasteiger partial charge on any atom is -0.255 e. The highest BCUT2D eigenvalue weighted by Gasteiger charge is 2.01. The van der Waals surface area contributed by atoms with Gasteiger partial charge in [-0.1, -0.05) is 12.1 Å². The average Bonchev–Trinajstić information content (AvgIpc) is 2.57. The topological polar surface area (TPSA) is 12.9 Å². The zero-order valence-corrected chi connectivity index (χ0v) is 7.64. The van der Waals surface area contributed by atoms with Gasteiger partial charge in [0.05, 0.1) is 10.6 Å². The van der Waals surface area contributed by atoms with Crippen molar-refractivity contribution in [1.82, 2.24) is 4.98 Å². The first kappa shape index (κ1) is 7.50. The molecule has 2 aromatic rings. The lowest BCUT2D eigenvalue weighted by atomic mass is 10.2. The molecular formula is C10H9NS. The number of hydrogen-bond acceptors (Lipinski definition) is 2. The van der Waals surface area contributed by atoms with Gasteiger partial charge in [-0.3, -0.25) is 4.98 Å². The molecule has 0 aliphatic heterocycles. The number of hydrogen-bond donors (Lipinski definition) is 0. The molecule has 0 atom stereocenters. The molecule has 12 heavy (non-hydrogen) atoms. The molecule has 0 radical (unpaired) electrons. The second-order valence-corrected chi connectivity index (χ2v) is 3.59. The van der Waals surface area contributed by atoms with Gasteiger partial charge in [-0.2, -0.15) is 0 Å². The Morgan fingerprint density at radius 1 is 1.25 bits per heavy atom. The minimum atomic E-state index is 1.10. The van der Waals surface area contributed by atoms with E-state index in [-0.39, 0.29) is 0 Å². The number of thiophene rings is 1. The Morgan fingerprint density at radius 2 is 2.17 bits per heavy atom. The average molecular weight is 175 g/mol. The molecule has 0 fully saturated rings. The van der Waals surface area contributed by atoms with Crippen molar-refractivity contribution in [2.24, 2.45) is 0 Å². The third-order valence-electron chi connectivity index (χ3n) is 1.76. The van der Waals surface area contributed by atoms with Crippen molar-refractivity contribution >= 4 is 11.3 Å². The summed E-state index contributed by atoms with van der Waals surface area (Å²) < 4.78 is 0. The van der Waals surface area contributed by atoms with Crippen LogP contribution in [0.4, 0.5) is 0 Å². The van der Waals surface area contributed by atoms with E-state index >= 15 is 0 Å². The fraction of sp³-hybridized carbons (Fsp3) is 0.100. The predicted octanol–water partition coefficient (Wildman–Crippen LogP) is 3.12. The Bertz CT molecular complexity index is 365. The molecular weight excluding hydrogens is 166 g/mol. The molecule has 0 spiro atoms. The van der Waals surface area contributed by atoms with Crippen LogP contribution in [0.25, 0.3) is 10.6 Å². The summed E-state index contributed by atoms with van der Waals surface area (Å²) in [4.78, 5) is 5.57. The van der Waals surface area contributed by atoms with Crippen LogP contribution in [0, 0.1) is 6.92 Å². The molecule has 1 nitrogen and oxygen atoms in total. The predicted molar refractivity (Wildman–Crippen MR) is 52.3 cm³/mol. The van der Waals surface area contributed by atoms with Crippen LogP contribution in [0.3, 0.4) is 0 Å². The number of aryl methyl sites for hydroxylation is 1. The number of pyridine rings is 1. The van der Waals surface area contributed by atoms with E-state index in [2.05, 4.69) is 29.4 Å². The Labute approximate surface area is 75.7 Å². The van der Waals surface area contributed by atoms with Gasteiger partial charge in [0.1, 0.15) is 0 Å². The Kier molecular flexibility index (Phi) is 1.92. The van der Waals surface area contributed by atoms with Crippen molar-refractivity contribution in [2.75, 3.05) is 0 Å². The van der Waals surface area contributed by atoms with E-state index in [4.69, 9.17) is 0 Å².